The van der Waals surface area contributed by atoms with Crippen molar-refractivity contribution >= 4 is 5.91 Å². The summed E-state index contributed by atoms with van der Waals surface area (Å²) in [6.07, 6.45) is 1.53. The molecule has 1 aromatic heterocycles. The number of H-pyrrole nitrogens is 1. The first-order valence-corrected chi connectivity index (χ1v) is 9.79. The SMILES string of the molecule is CC1CC(NC(=O)c2c(-c3ccccc3)c(-c3ccccc3)n[nH]c2=O)CCO1. The largest absolute Gasteiger partial charge is 0.378 e. The van der Waals surface area contributed by atoms with Crippen molar-refractivity contribution in [2.45, 2.75) is 31.9 Å². The Morgan fingerprint density at radius 1 is 1.07 bits per heavy atom. The predicted octanol–water partition coefficient (Wildman–Crippen LogP) is 3.40. The minimum atomic E-state index is -0.499. The van der Waals surface area contributed by atoms with Gasteiger partial charge < -0.3 is 10.1 Å². The summed E-state index contributed by atoms with van der Waals surface area (Å²) in [6.45, 7) is 2.58. The van der Waals surface area contributed by atoms with E-state index < -0.39 is 5.56 Å². The number of nitrogens with one attached hydrogen (secondary N) is 2. The minimum Gasteiger partial charge on any atom is -0.378 e. The van der Waals surface area contributed by atoms with Crippen LogP contribution in [0.4, 0.5) is 0 Å². The maximum atomic E-state index is 13.2. The van der Waals surface area contributed by atoms with Gasteiger partial charge in [-0.2, -0.15) is 5.10 Å². The summed E-state index contributed by atoms with van der Waals surface area (Å²) in [5.74, 6) is -0.385. The molecule has 1 fully saturated rings. The number of benzene rings is 2. The Bertz CT molecular complexity index is 1050. The zero-order valence-corrected chi connectivity index (χ0v) is 16.2. The summed E-state index contributed by atoms with van der Waals surface area (Å²) < 4.78 is 5.56. The Hall–Kier alpha value is -3.25. The quantitative estimate of drug-likeness (QED) is 0.716. The van der Waals surface area contributed by atoms with Crippen LogP contribution in [0.5, 0.6) is 0 Å². The lowest BCUT2D eigenvalue weighted by Gasteiger charge is -2.28. The molecule has 3 aromatic rings. The molecule has 6 heteroatoms. The average Bonchev–Trinajstić information content (AvgIpc) is 2.74. The first-order valence-electron chi connectivity index (χ1n) is 9.79. The van der Waals surface area contributed by atoms with Crippen LogP contribution in [0, 0.1) is 0 Å². The second-order valence-corrected chi connectivity index (χ2v) is 7.26. The van der Waals surface area contributed by atoms with E-state index in [-0.39, 0.29) is 23.6 Å². The third kappa shape index (κ3) is 4.12. The summed E-state index contributed by atoms with van der Waals surface area (Å²) in [6, 6.07) is 19.0. The molecular weight excluding hydrogens is 366 g/mol. The maximum absolute atomic E-state index is 13.2. The number of hydrogen-bond acceptors (Lipinski definition) is 4. The van der Waals surface area contributed by atoms with E-state index in [2.05, 4.69) is 15.5 Å². The van der Waals surface area contributed by atoms with Crippen molar-refractivity contribution < 1.29 is 9.53 Å². The van der Waals surface area contributed by atoms with Gasteiger partial charge in [-0.1, -0.05) is 60.7 Å². The highest BCUT2D eigenvalue weighted by Gasteiger charge is 2.26. The number of ether oxygens (including phenoxy) is 1. The molecule has 2 atom stereocenters. The van der Waals surface area contributed by atoms with Crippen LogP contribution in [-0.2, 0) is 4.74 Å². The number of carbonyl (C=O) groups excluding carboxylic acids is 1. The number of nitrogens with zero attached hydrogens (tertiary/aromatic N) is 1. The Kier molecular flexibility index (Phi) is 5.53. The van der Waals surface area contributed by atoms with Gasteiger partial charge >= 0.3 is 0 Å². The molecule has 6 nitrogen and oxygen atoms in total. The molecule has 2 heterocycles. The van der Waals surface area contributed by atoms with Crippen molar-refractivity contribution in [1.29, 1.82) is 0 Å². The number of amides is 1. The molecule has 1 aliphatic rings. The number of carbonyl (C=O) groups is 1. The van der Waals surface area contributed by atoms with Crippen LogP contribution in [0.25, 0.3) is 22.4 Å². The van der Waals surface area contributed by atoms with Crippen molar-refractivity contribution in [3.63, 3.8) is 0 Å². The Morgan fingerprint density at radius 3 is 2.38 bits per heavy atom. The normalized spacial score (nSPS) is 18.9. The fraction of sp³-hybridized carbons (Fsp3) is 0.261. The van der Waals surface area contributed by atoms with Gasteiger partial charge in [0.25, 0.3) is 11.5 Å². The highest BCUT2D eigenvalue weighted by atomic mass is 16.5. The maximum Gasteiger partial charge on any atom is 0.277 e. The van der Waals surface area contributed by atoms with Crippen molar-refractivity contribution in [1.82, 2.24) is 15.5 Å². The summed E-state index contributed by atoms with van der Waals surface area (Å²) in [4.78, 5) is 26.0. The third-order valence-electron chi connectivity index (χ3n) is 5.14. The van der Waals surface area contributed by atoms with Crippen molar-refractivity contribution in [2.24, 2.45) is 0 Å². The van der Waals surface area contributed by atoms with E-state index in [1.165, 1.54) is 0 Å². The van der Waals surface area contributed by atoms with Gasteiger partial charge in [0, 0.05) is 23.8 Å². The van der Waals surface area contributed by atoms with E-state index in [0.717, 1.165) is 24.0 Å². The van der Waals surface area contributed by atoms with Crippen LogP contribution in [0.3, 0.4) is 0 Å². The molecule has 0 radical (unpaired) electrons. The van der Waals surface area contributed by atoms with Gasteiger partial charge in [-0.05, 0) is 25.3 Å². The molecule has 0 aliphatic carbocycles. The Morgan fingerprint density at radius 2 is 1.72 bits per heavy atom. The molecule has 0 saturated carbocycles. The van der Waals surface area contributed by atoms with Crippen LogP contribution in [-0.4, -0.2) is 34.9 Å². The fourth-order valence-electron chi connectivity index (χ4n) is 3.74. The third-order valence-corrected chi connectivity index (χ3v) is 5.14. The number of aromatic amines is 1. The molecule has 1 saturated heterocycles. The smallest absolute Gasteiger partial charge is 0.277 e. The van der Waals surface area contributed by atoms with Crippen molar-refractivity contribution in [2.75, 3.05) is 6.61 Å². The summed E-state index contributed by atoms with van der Waals surface area (Å²) >= 11 is 0. The Labute approximate surface area is 168 Å². The van der Waals surface area contributed by atoms with Crippen LogP contribution in [0.2, 0.25) is 0 Å². The van der Waals surface area contributed by atoms with E-state index in [9.17, 15) is 9.59 Å². The molecule has 2 aromatic carbocycles. The van der Waals surface area contributed by atoms with E-state index in [0.29, 0.717) is 17.9 Å². The summed E-state index contributed by atoms with van der Waals surface area (Å²) in [7, 11) is 0. The molecule has 0 spiro atoms. The molecule has 1 aliphatic heterocycles. The molecule has 1 amide bonds. The monoisotopic (exact) mass is 389 g/mol. The second kappa shape index (κ2) is 8.41. The molecule has 29 heavy (non-hydrogen) atoms. The molecule has 2 unspecified atom stereocenters. The number of hydrogen-bond donors (Lipinski definition) is 2. The lowest BCUT2D eigenvalue weighted by Crippen LogP contribution is -2.43. The van der Waals surface area contributed by atoms with Gasteiger partial charge in [0.15, 0.2) is 0 Å². The topological polar surface area (TPSA) is 84.1 Å². The highest BCUT2D eigenvalue weighted by molar-refractivity contribution is 6.03. The standard InChI is InChI=1S/C23H23N3O3/c1-15-14-18(12-13-29-15)24-22(27)20-19(16-8-4-2-5-9-16)21(25-26-23(20)28)17-10-6-3-7-11-17/h2-11,15,18H,12-14H2,1H3,(H,24,27)(H,26,28). The summed E-state index contributed by atoms with van der Waals surface area (Å²) in [5.41, 5.74) is 2.30. The Balaban J connectivity index is 1.82. The van der Waals surface area contributed by atoms with Gasteiger partial charge in [0.05, 0.1) is 11.8 Å². The van der Waals surface area contributed by atoms with Gasteiger partial charge in [0.2, 0.25) is 0 Å². The van der Waals surface area contributed by atoms with Crippen LogP contribution >= 0.6 is 0 Å². The van der Waals surface area contributed by atoms with E-state index in [1.54, 1.807) is 0 Å². The zero-order valence-electron chi connectivity index (χ0n) is 16.2. The molecule has 148 valence electrons. The fourth-order valence-corrected chi connectivity index (χ4v) is 3.74. The van der Waals surface area contributed by atoms with Crippen LogP contribution < -0.4 is 10.9 Å². The van der Waals surface area contributed by atoms with Crippen LogP contribution in [0.15, 0.2) is 65.5 Å². The van der Waals surface area contributed by atoms with Gasteiger partial charge in [0.1, 0.15) is 5.56 Å². The van der Waals surface area contributed by atoms with Gasteiger partial charge in [-0.3, -0.25) is 9.59 Å². The lowest BCUT2D eigenvalue weighted by molar-refractivity contribution is 0.0136. The van der Waals surface area contributed by atoms with E-state index in [1.807, 2.05) is 67.6 Å². The van der Waals surface area contributed by atoms with E-state index >= 15 is 0 Å². The highest BCUT2D eigenvalue weighted by Crippen LogP contribution is 2.31. The number of aromatic nitrogens is 2. The van der Waals surface area contributed by atoms with Gasteiger partial charge in [-0.15, -0.1) is 0 Å². The average molecular weight is 389 g/mol. The summed E-state index contributed by atoms with van der Waals surface area (Å²) in [5, 5.41) is 9.83. The second-order valence-electron chi connectivity index (χ2n) is 7.26. The zero-order chi connectivity index (χ0) is 20.2. The minimum absolute atomic E-state index is 0.0254. The predicted molar refractivity (Wildman–Crippen MR) is 112 cm³/mol. The van der Waals surface area contributed by atoms with Crippen LogP contribution in [0.1, 0.15) is 30.1 Å². The molecule has 4 rings (SSSR count). The number of rotatable bonds is 4. The molecule has 2 N–H and O–H groups in total. The van der Waals surface area contributed by atoms with Crippen molar-refractivity contribution in [3.8, 4) is 22.4 Å². The first-order chi connectivity index (χ1) is 14.1. The lowest BCUT2D eigenvalue weighted by atomic mass is 9.94. The van der Waals surface area contributed by atoms with Crippen molar-refractivity contribution in [3.05, 3.63) is 76.6 Å². The molecule has 0 bridgehead atoms. The molecular formula is C23H23N3O3. The first kappa shape index (κ1) is 19.1. The van der Waals surface area contributed by atoms with E-state index in [4.69, 9.17) is 4.74 Å². The van der Waals surface area contributed by atoms with Gasteiger partial charge in [-0.25, -0.2) is 5.10 Å².